The molecule has 1 aromatic rings. The fraction of sp³-hybridized carbons (Fsp3) is 0.462. The van der Waals surface area contributed by atoms with E-state index in [1.807, 2.05) is 19.9 Å². The summed E-state index contributed by atoms with van der Waals surface area (Å²) in [6.45, 7) is 4.26. The zero-order valence-electron chi connectivity index (χ0n) is 11.5. The number of nitrogens with two attached hydrogens (primary N) is 1. The van der Waals surface area contributed by atoms with E-state index in [2.05, 4.69) is 0 Å². The zero-order chi connectivity index (χ0) is 15.3. The van der Waals surface area contributed by atoms with E-state index >= 15 is 0 Å². The van der Waals surface area contributed by atoms with Gasteiger partial charge >= 0.3 is 0 Å². The first-order valence-electron chi connectivity index (χ1n) is 6.21. The lowest BCUT2D eigenvalue weighted by atomic mass is 10.2. The summed E-state index contributed by atoms with van der Waals surface area (Å²) in [5.41, 5.74) is 5.86. The Labute approximate surface area is 125 Å². The van der Waals surface area contributed by atoms with Gasteiger partial charge in [-0.1, -0.05) is 31.5 Å². The highest BCUT2D eigenvalue weighted by molar-refractivity contribution is 7.89. The van der Waals surface area contributed by atoms with Crippen LogP contribution >= 0.6 is 11.6 Å². The molecule has 1 aromatic carbocycles. The van der Waals surface area contributed by atoms with Gasteiger partial charge in [0.2, 0.25) is 10.0 Å². The van der Waals surface area contributed by atoms with Crippen LogP contribution in [0, 0.1) is 17.2 Å². The van der Waals surface area contributed by atoms with Crippen molar-refractivity contribution in [2.75, 3.05) is 18.8 Å². The standard InChI is InChI=1S/C13H18ClN3O2S/c1-10(2)9-17(8-4-7-15)20(18,19)13-11(14)5-3-6-12(13)16/h3,5-6,10H,4,8-9,16H2,1-2H3. The van der Waals surface area contributed by atoms with Crippen molar-refractivity contribution in [1.82, 2.24) is 4.31 Å². The van der Waals surface area contributed by atoms with Crippen molar-refractivity contribution in [3.63, 3.8) is 0 Å². The number of benzene rings is 1. The number of nitriles is 1. The fourth-order valence-electron chi connectivity index (χ4n) is 1.82. The van der Waals surface area contributed by atoms with Crippen LogP contribution in [0.1, 0.15) is 20.3 Å². The number of rotatable bonds is 6. The minimum atomic E-state index is -3.80. The van der Waals surface area contributed by atoms with Gasteiger partial charge in [-0.2, -0.15) is 9.57 Å². The van der Waals surface area contributed by atoms with Crippen molar-refractivity contribution < 1.29 is 8.42 Å². The third-order valence-electron chi connectivity index (χ3n) is 2.64. The molecule has 5 nitrogen and oxygen atoms in total. The lowest BCUT2D eigenvalue weighted by Gasteiger charge is -2.24. The Morgan fingerprint density at radius 2 is 2.10 bits per heavy atom. The Morgan fingerprint density at radius 3 is 2.60 bits per heavy atom. The first-order chi connectivity index (χ1) is 9.30. The molecule has 0 saturated heterocycles. The highest BCUT2D eigenvalue weighted by Crippen LogP contribution is 2.30. The van der Waals surface area contributed by atoms with Crippen LogP contribution in [0.5, 0.6) is 0 Å². The van der Waals surface area contributed by atoms with Gasteiger partial charge in [-0.05, 0) is 18.1 Å². The molecule has 0 atom stereocenters. The molecule has 0 heterocycles. The fourth-order valence-corrected chi connectivity index (χ4v) is 4.06. The molecule has 0 unspecified atom stereocenters. The van der Waals surface area contributed by atoms with Crippen LogP contribution in [-0.4, -0.2) is 25.8 Å². The average Bonchev–Trinajstić information content (AvgIpc) is 2.33. The van der Waals surface area contributed by atoms with Crippen LogP contribution in [0.4, 0.5) is 5.69 Å². The minimum absolute atomic E-state index is 0.0831. The molecule has 0 radical (unpaired) electrons. The predicted octanol–water partition coefficient (Wildman–Crippen LogP) is 2.48. The molecule has 2 N–H and O–H groups in total. The Kier molecular flexibility index (Phi) is 5.81. The monoisotopic (exact) mass is 315 g/mol. The highest BCUT2D eigenvalue weighted by Gasteiger charge is 2.29. The van der Waals surface area contributed by atoms with Gasteiger partial charge in [0, 0.05) is 19.5 Å². The Balaban J connectivity index is 3.26. The number of halogens is 1. The Bertz CT molecular complexity index is 588. The van der Waals surface area contributed by atoms with E-state index < -0.39 is 10.0 Å². The molecule has 7 heteroatoms. The third-order valence-corrected chi connectivity index (χ3v) is 5.05. The second-order valence-electron chi connectivity index (χ2n) is 4.82. The van der Waals surface area contributed by atoms with Crippen molar-refractivity contribution in [1.29, 1.82) is 5.26 Å². The summed E-state index contributed by atoms with van der Waals surface area (Å²) in [6, 6.07) is 6.54. The smallest absolute Gasteiger partial charge is 0.246 e. The number of nitrogen functional groups attached to an aromatic ring is 1. The van der Waals surface area contributed by atoms with Gasteiger partial charge in [0.1, 0.15) is 4.90 Å². The van der Waals surface area contributed by atoms with Crippen molar-refractivity contribution in [2.45, 2.75) is 25.2 Å². The van der Waals surface area contributed by atoms with Crippen molar-refractivity contribution in [3.05, 3.63) is 23.2 Å². The zero-order valence-corrected chi connectivity index (χ0v) is 13.1. The molecule has 0 aliphatic carbocycles. The van der Waals surface area contributed by atoms with Crippen molar-refractivity contribution in [2.24, 2.45) is 5.92 Å². The summed E-state index contributed by atoms with van der Waals surface area (Å²) in [6.07, 6.45) is 0.121. The van der Waals surface area contributed by atoms with Crippen LogP contribution in [0.3, 0.4) is 0 Å². The van der Waals surface area contributed by atoms with Gasteiger partial charge in [-0.15, -0.1) is 0 Å². The molecule has 0 aliphatic heterocycles. The summed E-state index contributed by atoms with van der Waals surface area (Å²) >= 11 is 5.98. The lowest BCUT2D eigenvalue weighted by Crippen LogP contribution is -2.35. The van der Waals surface area contributed by atoms with Crippen molar-refractivity contribution in [3.8, 4) is 6.07 Å². The average molecular weight is 316 g/mol. The van der Waals surface area contributed by atoms with Crippen LogP contribution in [-0.2, 0) is 10.0 Å². The van der Waals surface area contributed by atoms with Gasteiger partial charge < -0.3 is 5.73 Å². The molecular weight excluding hydrogens is 298 g/mol. The van der Waals surface area contributed by atoms with Gasteiger partial charge in [-0.25, -0.2) is 8.42 Å². The van der Waals surface area contributed by atoms with E-state index in [-0.39, 0.29) is 34.5 Å². The van der Waals surface area contributed by atoms with Crippen LogP contribution in [0.2, 0.25) is 5.02 Å². The maximum Gasteiger partial charge on any atom is 0.246 e. The van der Waals surface area contributed by atoms with Gasteiger partial charge in [-0.3, -0.25) is 0 Å². The summed E-state index contributed by atoms with van der Waals surface area (Å²) in [7, 11) is -3.80. The first kappa shape index (κ1) is 16.8. The van der Waals surface area contributed by atoms with E-state index in [9.17, 15) is 8.42 Å². The molecular formula is C13H18ClN3O2S. The molecule has 0 aliphatic rings. The Morgan fingerprint density at radius 1 is 1.45 bits per heavy atom. The topological polar surface area (TPSA) is 87.2 Å². The predicted molar refractivity (Wildman–Crippen MR) is 79.7 cm³/mol. The van der Waals surface area contributed by atoms with E-state index in [1.165, 1.54) is 16.4 Å². The molecule has 0 amide bonds. The molecule has 0 bridgehead atoms. The van der Waals surface area contributed by atoms with E-state index in [0.29, 0.717) is 6.54 Å². The Hall–Kier alpha value is -1.29. The maximum absolute atomic E-state index is 12.7. The van der Waals surface area contributed by atoms with Gasteiger partial charge in [0.25, 0.3) is 0 Å². The number of sulfonamides is 1. The number of hydrogen-bond acceptors (Lipinski definition) is 4. The second-order valence-corrected chi connectivity index (χ2v) is 7.11. The van der Waals surface area contributed by atoms with Gasteiger partial charge in [0.15, 0.2) is 0 Å². The summed E-state index contributed by atoms with van der Waals surface area (Å²) in [4.78, 5) is -0.0831. The summed E-state index contributed by atoms with van der Waals surface area (Å²) in [5, 5.41) is 8.77. The molecule has 0 saturated carbocycles. The normalized spacial score (nSPS) is 11.8. The maximum atomic E-state index is 12.7. The lowest BCUT2D eigenvalue weighted by molar-refractivity contribution is 0.373. The minimum Gasteiger partial charge on any atom is -0.398 e. The molecule has 0 fully saturated rings. The quantitative estimate of drug-likeness (QED) is 0.817. The number of hydrogen-bond donors (Lipinski definition) is 1. The van der Waals surface area contributed by atoms with E-state index in [1.54, 1.807) is 6.07 Å². The molecule has 1 rings (SSSR count). The SMILES string of the molecule is CC(C)CN(CCC#N)S(=O)(=O)c1c(N)cccc1Cl. The van der Waals surface area contributed by atoms with Gasteiger partial charge in [0.05, 0.1) is 16.8 Å². The largest absolute Gasteiger partial charge is 0.398 e. The molecule has 0 aromatic heterocycles. The molecule has 0 spiro atoms. The van der Waals surface area contributed by atoms with E-state index in [0.717, 1.165) is 0 Å². The highest BCUT2D eigenvalue weighted by atomic mass is 35.5. The van der Waals surface area contributed by atoms with Crippen LogP contribution in [0.25, 0.3) is 0 Å². The summed E-state index contributed by atoms with van der Waals surface area (Å²) < 4.78 is 26.6. The molecule has 110 valence electrons. The first-order valence-corrected chi connectivity index (χ1v) is 8.03. The number of nitrogens with zero attached hydrogens (tertiary/aromatic N) is 2. The third kappa shape index (κ3) is 3.85. The van der Waals surface area contributed by atoms with Crippen molar-refractivity contribution >= 4 is 27.3 Å². The van der Waals surface area contributed by atoms with E-state index in [4.69, 9.17) is 22.6 Å². The number of anilines is 1. The molecule has 20 heavy (non-hydrogen) atoms. The van der Waals surface area contributed by atoms with Crippen LogP contribution in [0.15, 0.2) is 23.1 Å². The second kappa shape index (κ2) is 6.93. The summed E-state index contributed by atoms with van der Waals surface area (Å²) in [5.74, 6) is 0.132. The van der Waals surface area contributed by atoms with Crippen LogP contribution < -0.4 is 5.73 Å².